The molecule has 2 aromatic heterocycles. The summed E-state index contributed by atoms with van der Waals surface area (Å²) in [6.07, 6.45) is 5.31. The summed E-state index contributed by atoms with van der Waals surface area (Å²) in [6, 6.07) is 7.91. The number of rotatable bonds is 7. The number of aromatic amines is 1. The van der Waals surface area contributed by atoms with Crippen LogP contribution in [-0.2, 0) is 6.54 Å². The van der Waals surface area contributed by atoms with Crippen LogP contribution >= 0.6 is 0 Å². The molecule has 1 atom stereocenters. The highest BCUT2D eigenvalue weighted by Crippen LogP contribution is 2.27. The van der Waals surface area contributed by atoms with Crippen LogP contribution in [0.1, 0.15) is 31.5 Å². The molecule has 0 saturated carbocycles. The average molecular weight is 369 g/mol. The Balaban J connectivity index is 1.26. The molecule has 1 unspecified atom stereocenters. The first kappa shape index (κ1) is 18.0. The molecule has 1 aromatic carbocycles. The molecule has 0 radical (unpaired) electrons. The number of piperidine rings is 1. The van der Waals surface area contributed by atoms with Crippen molar-refractivity contribution in [1.29, 1.82) is 0 Å². The molecule has 0 bridgehead atoms. The minimum Gasteiger partial charge on any atom is -0.490 e. The maximum Gasteiger partial charge on any atom is 0.135 e. The van der Waals surface area contributed by atoms with Crippen molar-refractivity contribution in [3.63, 3.8) is 0 Å². The van der Waals surface area contributed by atoms with E-state index in [1.807, 2.05) is 36.8 Å². The van der Waals surface area contributed by atoms with Crippen LogP contribution < -0.4 is 4.74 Å². The molecule has 2 N–H and O–H groups in total. The molecular formula is C20H27N5O2. The zero-order valence-corrected chi connectivity index (χ0v) is 15.7. The molecule has 0 aliphatic carbocycles. The third-order valence-corrected chi connectivity index (χ3v) is 5.39. The summed E-state index contributed by atoms with van der Waals surface area (Å²) in [5.74, 6) is 2.37. The van der Waals surface area contributed by atoms with Crippen molar-refractivity contribution in [2.75, 3.05) is 26.2 Å². The lowest BCUT2D eigenvalue weighted by molar-refractivity contribution is 0.0594. The minimum absolute atomic E-state index is 0.300. The first-order valence-corrected chi connectivity index (χ1v) is 9.71. The number of H-pyrrole nitrogens is 1. The summed E-state index contributed by atoms with van der Waals surface area (Å²) < 4.78 is 8.00. The standard InChI is InChI=1S/C20H27N5O2/c1-2-25-14-22-23-20(25)15-7-10-24(11-8-15)12-16(26)13-27-19-5-3-4-18-17(19)6-9-21-18/h3-6,9,14-16,21,26H,2,7-8,10-13H2,1H3. The van der Waals surface area contributed by atoms with Crippen molar-refractivity contribution in [2.24, 2.45) is 0 Å². The van der Waals surface area contributed by atoms with E-state index in [1.54, 1.807) is 0 Å². The fraction of sp³-hybridized carbons (Fsp3) is 0.500. The number of aryl methyl sites for hydroxylation is 1. The third kappa shape index (κ3) is 3.99. The molecular weight excluding hydrogens is 342 g/mol. The van der Waals surface area contributed by atoms with Gasteiger partial charge in [-0.3, -0.25) is 0 Å². The Hall–Kier alpha value is -2.38. The monoisotopic (exact) mass is 369 g/mol. The van der Waals surface area contributed by atoms with E-state index in [2.05, 4.69) is 31.6 Å². The highest BCUT2D eigenvalue weighted by Gasteiger charge is 2.25. The zero-order chi connectivity index (χ0) is 18.6. The Labute approximate surface area is 159 Å². The van der Waals surface area contributed by atoms with Crippen LogP contribution in [0.2, 0.25) is 0 Å². The lowest BCUT2D eigenvalue weighted by atomic mass is 9.95. The SMILES string of the molecule is CCn1cnnc1C1CCN(CC(O)COc2cccc3[nH]ccc23)CC1. The molecule has 7 heteroatoms. The van der Waals surface area contributed by atoms with Gasteiger partial charge in [0.2, 0.25) is 0 Å². The third-order valence-electron chi connectivity index (χ3n) is 5.39. The maximum atomic E-state index is 10.4. The number of benzene rings is 1. The summed E-state index contributed by atoms with van der Waals surface area (Å²) in [4.78, 5) is 5.49. The van der Waals surface area contributed by atoms with Crippen LogP contribution in [0.4, 0.5) is 0 Å². The lowest BCUT2D eigenvalue weighted by Crippen LogP contribution is -2.40. The van der Waals surface area contributed by atoms with E-state index < -0.39 is 6.10 Å². The number of fused-ring (bicyclic) bond motifs is 1. The lowest BCUT2D eigenvalue weighted by Gasteiger charge is -2.32. The molecule has 1 aliphatic rings. The predicted molar refractivity (Wildman–Crippen MR) is 104 cm³/mol. The minimum atomic E-state index is -0.505. The Bertz CT molecular complexity index is 866. The van der Waals surface area contributed by atoms with Crippen LogP contribution in [-0.4, -0.2) is 62.1 Å². The molecule has 1 saturated heterocycles. The van der Waals surface area contributed by atoms with Gasteiger partial charge in [0, 0.05) is 36.1 Å². The van der Waals surface area contributed by atoms with Gasteiger partial charge in [0.05, 0.1) is 0 Å². The van der Waals surface area contributed by atoms with Crippen LogP contribution in [0, 0.1) is 0 Å². The van der Waals surface area contributed by atoms with Gasteiger partial charge in [0.1, 0.15) is 30.6 Å². The second-order valence-corrected chi connectivity index (χ2v) is 7.21. The van der Waals surface area contributed by atoms with E-state index in [4.69, 9.17) is 4.74 Å². The number of ether oxygens (including phenoxy) is 1. The second-order valence-electron chi connectivity index (χ2n) is 7.21. The Morgan fingerprint density at radius 2 is 2.15 bits per heavy atom. The second kappa shape index (κ2) is 8.10. The van der Waals surface area contributed by atoms with Crippen molar-refractivity contribution in [3.05, 3.63) is 42.6 Å². The highest BCUT2D eigenvalue weighted by molar-refractivity contribution is 5.85. The fourth-order valence-electron chi connectivity index (χ4n) is 3.92. The van der Waals surface area contributed by atoms with Gasteiger partial charge >= 0.3 is 0 Å². The summed E-state index contributed by atoms with van der Waals surface area (Å²) >= 11 is 0. The van der Waals surface area contributed by atoms with Gasteiger partial charge < -0.3 is 24.3 Å². The first-order chi connectivity index (χ1) is 13.2. The van der Waals surface area contributed by atoms with Gasteiger partial charge in [-0.2, -0.15) is 0 Å². The van der Waals surface area contributed by atoms with Crippen LogP contribution in [0.25, 0.3) is 10.9 Å². The smallest absolute Gasteiger partial charge is 0.135 e. The number of likely N-dealkylation sites (tertiary alicyclic amines) is 1. The summed E-state index contributed by atoms with van der Waals surface area (Å²) in [5, 5.41) is 19.8. The van der Waals surface area contributed by atoms with Crippen molar-refractivity contribution in [2.45, 2.75) is 38.3 Å². The molecule has 1 aliphatic heterocycles. The van der Waals surface area contributed by atoms with Crippen molar-refractivity contribution in [1.82, 2.24) is 24.6 Å². The Morgan fingerprint density at radius 1 is 1.30 bits per heavy atom. The molecule has 3 heterocycles. The van der Waals surface area contributed by atoms with E-state index in [9.17, 15) is 5.11 Å². The number of nitrogens with one attached hydrogen (secondary N) is 1. The topological polar surface area (TPSA) is 79.2 Å². The normalized spacial score (nSPS) is 17.4. The number of aliphatic hydroxyl groups is 1. The van der Waals surface area contributed by atoms with Gasteiger partial charge in [-0.05, 0) is 51.1 Å². The summed E-state index contributed by atoms with van der Waals surface area (Å²) in [5.41, 5.74) is 1.05. The van der Waals surface area contributed by atoms with E-state index >= 15 is 0 Å². The summed E-state index contributed by atoms with van der Waals surface area (Å²) in [6.45, 7) is 5.89. The number of hydrogen-bond acceptors (Lipinski definition) is 5. The van der Waals surface area contributed by atoms with Crippen LogP contribution in [0.5, 0.6) is 5.75 Å². The number of hydrogen-bond donors (Lipinski definition) is 2. The largest absolute Gasteiger partial charge is 0.490 e. The number of aliphatic hydroxyl groups excluding tert-OH is 1. The Kier molecular flexibility index (Phi) is 5.40. The van der Waals surface area contributed by atoms with Gasteiger partial charge in [0.25, 0.3) is 0 Å². The molecule has 0 amide bonds. The van der Waals surface area contributed by atoms with E-state index in [0.29, 0.717) is 19.1 Å². The van der Waals surface area contributed by atoms with Gasteiger partial charge in [-0.15, -0.1) is 10.2 Å². The molecule has 1 fully saturated rings. The molecule has 0 spiro atoms. The first-order valence-electron chi connectivity index (χ1n) is 9.71. The Morgan fingerprint density at radius 3 is 2.96 bits per heavy atom. The number of β-amino-alcohol motifs (C(OH)–C–C–N with tert-alkyl or cyclic N) is 1. The van der Waals surface area contributed by atoms with E-state index in [-0.39, 0.29) is 0 Å². The van der Waals surface area contributed by atoms with E-state index in [1.165, 1.54) is 0 Å². The maximum absolute atomic E-state index is 10.4. The van der Waals surface area contributed by atoms with Gasteiger partial charge in [0.15, 0.2) is 0 Å². The average Bonchev–Trinajstić information content (AvgIpc) is 3.36. The van der Waals surface area contributed by atoms with Gasteiger partial charge in [-0.1, -0.05) is 6.07 Å². The quantitative estimate of drug-likeness (QED) is 0.669. The summed E-state index contributed by atoms with van der Waals surface area (Å²) in [7, 11) is 0. The molecule has 144 valence electrons. The molecule has 27 heavy (non-hydrogen) atoms. The molecule has 7 nitrogen and oxygen atoms in total. The van der Waals surface area contributed by atoms with Gasteiger partial charge in [-0.25, -0.2) is 0 Å². The number of nitrogens with zero attached hydrogens (tertiary/aromatic N) is 4. The van der Waals surface area contributed by atoms with Crippen LogP contribution in [0.3, 0.4) is 0 Å². The molecule has 3 aromatic rings. The zero-order valence-electron chi connectivity index (χ0n) is 15.7. The highest BCUT2D eigenvalue weighted by atomic mass is 16.5. The molecule has 4 rings (SSSR count). The van der Waals surface area contributed by atoms with Crippen molar-refractivity contribution < 1.29 is 9.84 Å². The van der Waals surface area contributed by atoms with E-state index in [0.717, 1.165) is 55.0 Å². The van der Waals surface area contributed by atoms with Crippen molar-refractivity contribution >= 4 is 10.9 Å². The fourth-order valence-corrected chi connectivity index (χ4v) is 3.92. The van der Waals surface area contributed by atoms with Crippen LogP contribution in [0.15, 0.2) is 36.8 Å². The predicted octanol–water partition coefficient (Wildman–Crippen LogP) is 2.40. The van der Waals surface area contributed by atoms with Crippen molar-refractivity contribution in [3.8, 4) is 5.75 Å². The number of aromatic nitrogens is 4.